The fourth-order valence-electron chi connectivity index (χ4n) is 2.68. The largest absolute Gasteiger partial charge is 0.390 e. The topological polar surface area (TPSA) is 67.1 Å². The van der Waals surface area contributed by atoms with Gasteiger partial charge in [0.1, 0.15) is 5.82 Å². The van der Waals surface area contributed by atoms with Crippen molar-refractivity contribution in [1.82, 2.24) is 25.1 Å². The molecule has 1 aromatic carbocycles. The zero-order valence-corrected chi connectivity index (χ0v) is 11.6. The number of aromatic nitrogens is 4. The van der Waals surface area contributed by atoms with Gasteiger partial charge in [-0.2, -0.15) is 0 Å². The van der Waals surface area contributed by atoms with Gasteiger partial charge in [0.2, 0.25) is 0 Å². The number of hydrogen-bond donors (Lipinski definition) is 1. The maximum Gasteiger partial charge on any atom is 0.148 e. The van der Waals surface area contributed by atoms with Gasteiger partial charge in [-0.15, -0.1) is 5.10 Å². The van der Waals surface area contributed by atoms with Gasteiger partial charge in [-0.1, -0.05) is 24.3 Å². The van der Waals surface area contributed by atoms with E-state index in [2.05, 4.69) is 44.7 Å². The molecule has 0 radical (unpaired) electrons. The van der Waals surface area contributed by atoms with Crippen LogP contribution in [0.4, 0.5) is 0 Å². The first-order chi connectivity index (χ1) is 9.72. The minimum absolute atomic E-state index is 0.441. The molecule has 20 heavy (non-hydrogen) atoms. The Kier molecular flexibility index (Phi) is 3.75. The quantitative estimate of drug-likeness (QED) is 0.873. The Labute approximate surface area is 118 Å². The van der Waals surface area contributed by atoms with E-state index in [4.69, 9.17) is 0 Å². The average molecular weight is 273 g/mol. The Bertz CT molecular complexity index is 582. The molecule has 0 spiro atoms. The predicted octanol–water partition coefficient (Wildman–Crippen LogP) is 0.401. The van der Waals surface area contributed by atoms with Gasteiger partial charge in [-0.3, -0.25) is 4.90 Å². The van der Waals surface area contributed by atoms with E-state index in [0.717, 1.165) is 25.3 Å². The van der Waals surface area contributed by atoms with Gasteiger partial charge in [-0.25, -0.2) is 4.68 Å². The summed E-state index contributed by atoms with van der Waals surface area (Å²) in [6.07, 6.45) is 0.592. The van der Waals surface area contributed by atoms with E-state index in [0.29, 0.717) is 13.1 Å². The van der Waals surface area contributed by atoms with Crippen molar-refractivity contribution in [3.63, 3.8) is 0 Å². The van der Waals surface area contributed by atoms with Crippen molar-refractivity contribution in [2.24, 2.45) is 0 Å². The molecule has 0 saturated heterocycles. The first-order valence-electron chi connectivity index (χ1n) is 6.92. The van der Waals surface area contributed by atoms with Crippen molar-refractivity contribution in [3.05, 3.63) is 41.2 Å². The minimum atomic E-state index is -0.456. The summed E-state index contributed by atoms with van der Waals surface area (Å²) < 4.78 is 1.64. The maximum atomic E-state index is 10.2. The molecule has 0 amide bonds. The molecule has 3 rings (SSSR count). The summed E-state index contributed by atoms with van der Waals surface area (Å²) in [5.74, 6) is 0.730. The zero-order valence-electron chi connectivity index (χ0n) is 11.6. The molecule has 6 heteroatoms. The predicted molar refractivity (Wildman–Crippen MR) is 74.0 cm³/mol. The molecule has 2 aromatic rings. The van der Waals surface area contributed by atoms with Crippen LogP contribution in [0.25, 0.3) is 0 Å². The van der Waals surface area contributed by atoms with Crippen LogP contribution in [0.3, 0.4) is 0 Å². The molecule has 1 aromatic heterocycles. The standard InChI is InChI=1S/C14H19N5O/c1-11-15-16-17-19(11)10-14(20)9-18-7-6-12-4-2-3-5-13(12)8-18/h2-5,14,20H,6-10H2,1H3. The van der Waals surface area contributed by atoms with Crippen LogP contribution >= 0.6 is 0 Å². The smallest absolute Gasteiger partial charge is 0.148 e. The third-order valence-electron chi connectivity index (χ3n) is 3.77. The number of hydrogen-bond acceptors (Lipinski definition) is 5. The van der Waals surface area contributed by atoms with Gasteiger partial charge in [0, 0.05) is 19.6 Å². The highest BCUT2D eigenvalue weighted by molar-refractivity contribution is 5.29. The van der Waals surface area contributed by atoms with Crippen molar-refractivity contribution in [2.75, 3.05) is 13.1 Å². The second kappa shape index (κ2) is 5.68. The summed E-state index contributed by atoms with van der Waals surface area (Å²) in [5.41, 5.74) is 2.79. The lowest BCUT2D eigenvalue weighted by atomic mass is 10.00. The molecule has 0 bridgehead atoms. The van der Waals surface area contributed by atoms with Gasteiger partial charge in [0.05, 0.1) is 12.6 Å². The third-order valence-corrected chi connectivity index (χ3v) is 3.77. The van der Waals surface area contributed by atoms with E-state index < -0.39 is 6.10 Å². The number of aliphatic hydroxyl groups excluding tert-OH is 1. The van der Waals surface area contributed by atoms with Gasteiger partial charge in [-0.05, 0) is 34.9 Å². The number of rotatable bonds is 4. The summed E-state index contributed by atoms with van der Waals surface area (Å²) in [7, 11) is 0. The fourth-order valence-corrected chi connectivity index (χ4v) is 2.68. The SMILES string of the molecule is Cc1nnnn1CC(O)CN1CCc2ccccc2C1. The van der Waals surface area contributed by atoms with E-state index in [1.54, 1.807) is 4.68 Å². The van der Waals surface area contributed by atoms with Crippen LogP contribution in [0, 0.1) is 6.92 Å². The van der Waals surface area contributed by atoms with Gasteiger partial charge >= 0.3 is 0 Å². The molecule has 6 nitrogen and oxygen atoms in total. The Balaban J connectivity index is 1.58. The summed E-state index contributed by atoms with van der Waals surface area (Å²) in [4.78, 5) is 2.28. The Morgan fingerprint density at radius 1 is 1.25 bits per heavy atom. The fraction of sp³-hybridized carbons (Fsp3) is 0.500. The van der Waals surface area contributed by atoms with Crippen LogP contribution in [-0.4, -0.2) is 49.4 Å². The second-order valence-electron chi connectivity index (χ2n) is 5.32. The summed E-state index contributed by atoms with van der Waals surface area (Å²) >= 11 is 0. The molecule has 0 aliphatic carbocycles. The van der Waals surface area contributed by atoms with Gasteiger partial charge < -0.3 is 5.11 Å². The van der Waals surface area contributed by atoms with Gasteiger partial charge in [0.25, 0.3) is 0 Å². The molecule has 1 unspecified atom stereocenters. The van der Waals surface area contributed by atoms with E-state index in [1.807, 2.05) is 6.92 Å². The van der Waals surface area contributed by atoms with E-state index in [1.165, 1.54) is 11.1 Å². The van der Waals surface area contributed by atoms with Crippen molar-refractivity contribution in [3.8, 4) is 0 Å². The molecule has 0 fully saturated rings. The lowest BCUT2D eigenvalue weighted by molar-refractivity contribution is 0.0878. The number of fused-ring (bicyclic) bond motifs is 1. The van der Waals surface area contributed by atoms with Crippen LogP contribution in [0.15, 0.2) is 24.3 Å². The number of aliphatic hydroxyl groups is 1. The summed E-state index contributed by atoms with van der Waals surface area (Å²) in [6, 6.07) is 8.51. The molecule has 1 N–H and O–H groups in total. The zero-order chi connectivity index (χ0) is 13.9. The maximum absolute atomic E-state index is 10.2. The van der Waals surface area contributed by atoms with Crippen LogP contribution in [0.1, 0.15) is 17.0 Å². The Morgan fingerprint density at radius 3 is 2.80 bits per heavy atom. The van der Waals surface area contributed by atoms with Crippen molar-refractivity contribution in [1.29, 1.82) is 0 Å². The van der Waals surface area contributed by atoms with Crippen LogP contribution in [0.5, 0.6) is 0 Å². The summed E-state index contributed by atoms with van der Waals surface area (Å²) in [5, 5.41) is 21.5. The number of aryl methyl sites for hydroxylation is 1. The number of tetrazole rings is 1. The lowest BCUT2D eigenvalue weighted by Gasteiger charge is -2.30. The van der Waals surface area contributed by atoms with Crippen LogP contribution < -0.4 is 0 Å². The normalized spacial score (nSPS) is 16.9. The lowest BCUT2D eigenvalue weighted by Crippen LogP contribution is -2.38. The Morgan fingerprint density at radius 2 is 2.05 bits per heavy atom. The summed E-state index contributed by atoms with van der Waals surface area (Å²) in [6.45, 7) is 4.82. The number of benzene rings is 1. The van der Waals surface area contributed by atoms with Crippen molar-refractivity contribution < 1.29 is 5.11 Å². The number of β-amino-alcohol motifs (C(OH)–C–C–N with tert-alkyl or cyclic N) is 1. The molecule has 1 atom stereocenters. The monoisotopic (exact) mass is 273 g/mol. The highest BCUT2D eigenvalue weighted by Gasteiger charge is 2.19. The first kappa shape index (κ1) is 13.2. The molecule has 1 aliphatic heterocycles. The molecule has 1 aliphatic rings. The first-order valence-corrected chi connectivity index (χ1v) is 6.92. The number of nitrogens with zero attached hydrogens (tertiary/aromatic N) is 5. The minimum Gasteiger partial charge on any atom is -0.390 e. The van der Waals surface area contributed by atoms with Crippen LogP contribution in [-0.2, 0) is 19.5 Å². The van der Waals surface area contributed by atoms with E-state index in [-0.39, 0.29) is 0 Å². The van der Waals surface area contributed by atoms with Gasteiger partial charge in [0.15, 0.2) is 0 Å². The van der Waals surface area contributed by atoms with Crippen molar-refractivity contribution in [2.45, 2.75) is 32.5 Å². The molecule has 106 valence electrons. The molecule has 2 heterocycles. The molecular formula is C14H19N5O. The highest BCUT2D eigenvalue weighted by atomic mass is 16.3. The van der Waals surface area contributed by atoms with E-state index in [9.17, 15) is 5.11 Å². The Hall–Kier alpha value is -1.79. The molecular weight excluding hydrogens is 254 g/mol. The molecule has 0 saturated carbocycles. The average Bonchev–Trinajstić information content (AvgIpc) is 2.84. The van der Waals surface area contributed by atoms with Crippen molar-refractivity contribution >= 4 is 0 Å². The van der Waals surface area contributed by atoms with E-state index >= 15 is 0 Å². The third kappa shape index (κ3) is 2.86. The second-order valence-corrected chi connectivity index (χ2v) is 5.32. The van der Waals surface area contributed by atoms with Crippen LogP contribution in [0.2, 0.25) is 0 Å². The highest BCUT2D eigenvalue weighted by Crippen LogP contribution is 2.18.